The number of anilines is 1. The first kappa shape index (κ1) is 24.6. The molecule has 3 aromatic rings. The van der Waals surface area contributed by atoms with Crippen LogP contribution in [0.2, 0.25) is 5.02 Å². The van der Waals surface area contributed by atoms with E-state index in [-0.39, 0.29) is 18.4 Å². The number of para-hydroxylation sites is 2. The minimum Gasteiger partial charge on any atom is -0.340 e. The minimum atomic E-state index is -0.447. The summed E-state index contributed by atoms with van der Waals surface area (Å²) in [7, 11) is 0. The molecule has 6 nitrogen and oxygen atoms in total. The monoisotopic (exact) mass is 498 g/mol. The molecule has 1 aromatic heterocycles. The van der Waals surface area contributed by atoms with Gasteiger partial charge in [-0.1, -0.05) is 49.7 Å². The fourth-order valence-corrected chi connectivity index (χ4v) is 5.86. The van der Waals surface area contributed by atoms with Gasteiger partial charge in [0.2, 0.25) is 11.8 Å². The SMILES string of the molecule is CCC(CC)(Cc1nc2ccccc2s1)C(=O)N1CCN(CC(=O)Nc2ccccc2Cl)CC1. The Hall–Kier alpha value is -2.48. The molecule has 2 amide bonds. The third-order valence-electron chi connectivity index (χ3n) is 6.81. The summed E-state index contributed by atoms with van der Waals surface area (Å²) in [5.74, 6) is 0.108. The second kappa shape index (κ2) is 10.8. The van der Waals surface area contributed by atoms with Crippen LogP contribution >= 0.6 is 22.9 Å². The first-order chi connectivity index (χ1) is 16.4. The molecule has 1 aliphatic rings. The van der Waals surface area contributed by atoms with E-state index in [1.54, 1.807) is 23.5 Å². The molecule has 0 bridgehead atoms. The zero-order valence-corrected chi connectivity index (χ0v) is 21.3. The van der Waals surface area contributed by atoms with Crippen LogP contribution in [0, 0.1) is 5.41 Å². The molecule has 0 radical (unpaired) electrons. The van der Waals surface area contributed by atoms with E-state index in [1.807, 2.05) is 35.2 Å². The number of halogens is 1. The molecule has 8 heteroatoms. The Labute approximate surface area is 209 Å². The molecule has 4 rings (SSSR count). The van der Waals surface area contributed by atoms with Crippen molar-refractivity contribution < 1.29 is 9.59 Å². The van der Waals surface area contributed by atoms with Crippen molar-refractivity contribution >= 4 is 50.7 Å². The third kappa shape index (κ3) is 5.43. The topological polar surface area (TPSA) is 65.5 Å². The molecular weight excluding hydrogens is 468 g/mol. The van der Waals surface area contributed by atoms with Gasteiger partial charge in [-0.15, -0.1) is 11.3 Å². The number of rotatable bonds is 8. The minimum absolute atomic E-state index is 0.0971. The van der Waals surface area contributed by atoms with Crippen LogP contribution in [0.1, 0.15) is 31.7 Å². The van der Waals surface area contributed by atoms with E-state index in [9.17, 15) is 9.59 Å². The highest BCUT2D eigenvalue weighted by atomic mass is 35.5. The van der Waals surface area contributed by atoms with Gasteiger partial charge in [-0.2, -0.15) is 0 Å². The van der Waals surface area contributed by atoms with Gasteiger partial charge in [-0.05, 0) is 37.1 Å². The van der Waals surface area contributed by atoms with Gasteiger partial charge in [0.05, 0.1) is 37.9 Å². The zero-order valence-electron chi connectivity index (χ0n) is 19.7. The summed E-state index contributed by atoms with van der Waals surface area (Å²) in [6.45, 7) is 7.08. The van der Waals surface area contributed by atoms with E-state index < -0.39 is 5.41 Å². The molecular formula is C26H31ClN4O2S. The number of fused-ring (bicyclic) bond motifs is 1. The fourth-order valence-electron chi connectivity index (χ4n) is 4.56. The number of carbonyl (C=O) groups is 2. The first-order valence-electron chi connectivity index (χ1n) is 11.8. The molecule has 1 aliphatic heterocycles. The van der Waals surface area contributed by atoms with Crippen LogP contribution in [0.4, 0.5) is 5.69 Å². The van der Waals surface area contributed by atoms with E-state index in [0.29, 0.717) is 43.3 Å². The van der Waals surface area contributed by atoms with Crippen LogP contribution in [0.3, 0.4) is 0 Å². The predicted octanol–water partition coefficient (Wildman–Crippen LogP) is 5.08. The number of nitrogens with zero attached hydrogens (tertiary/aromatic N) is 3. The molecule has 0 spiro atoms. The van der Waals surface area contributed by atoms with E-state index in [0.717, 1.165) is 28.1 Å². The summed E-state index contributed by atoms with van der Waals surface area (Å²) in [6, 6.07) is 15.3. The van der Waals surface area contributed by atoms with Gasteiger partial charge in [0.15, 0.2) is 0 Å². The zero-order chi connectivity index (χ0) is 24.1. The average Bonchev–Trinajstić information content (AvgIpc) is 3.26. The normalized spacial score (nSPS) is 15.0. The number of hydrogen-bond donors (Lipinski definition) is 1. The molecule has 2 heterocycles. The third-order valence-corrected chi connectivity index (χ3v) is 8.18. The highest BCUT2D eigenvalue weighted by Gasteiger charge is 2.40. The molecule has 0 aliphatic carbocycles. The van der Waals surface area contributed by atoms with E-state index in [2.05, 4.69) is 30.1 Å². The molecule has 1 N–H and O–H groups in total. The standard InChI is InChI=1S/C26H31ClN4O2S/c1-3-26(4-2,17-24-29-21-11-7-8-12-22(21)34-24)25(33)31-15-13-30(14-16-31)18-23(32)28-20-10-6-5-9-19(20)27/h5-12H,3-4,13-18H2,1-2H3,(H,28,32). The van der Waals surface area contributed by atoms with Crippen LogP contribution in [0.25, 0.3) is 10.2 Å². The molecule has 2 aromatic carbocycles. The van der Waals surface area contributed by atoms with Crippen LogP contribution in [-0.4, -0.2) is 59.3 Å². The van der Waals surface area contributed by atoms with Crippen molar-refractivity contribution in [2.24, 2.45) is 5.41 Å². The lowest BCUT2D eigenvalue weighted by Crippen LogP contribution is -2.54. The first-order valence-corrected chi connectivity index (χ1v) is 13.0. The number of amides is 2. The molecule has 180 valence electrons. The number of benzene rings is 2. The summed E-state index contributed by atoms with van der Waals surface area (Å²) in [5, 5.41) is 4.42. The smallest absolute Gasteiger partial charge is 0.238 e. The number of thiazole rings is 1. The van der Waals surface area contributed by atoms with Crippen LogP contribution < -0.4 is 5.32 Å². The lowest BCUT2D eigenvalue weighted by atomic mass is 9.77. The Morgan fingerprint density at radius 1 is 1.03 bits per heavy atom. The van der Waals surface area contributed by atoms with E-state index in [4.69, 9.17) is 16.6 Å². The van der Waals surface area contributed by atoms with Crippen molar-refractivity contribution in [2.45, 2.75) is 33.1 Å². The second-order valence-corrected chi connectivity index (χ2v) is 10.4. The van der Waals surface area contributed by atoms with Crippen molar-refractivity contribution in [2.75, 3.05) is 38.0 Å². The van der Waals surface area contributed by atoms with Crippen LogP contribution in [0.15, 0.2) is 48.5 Å². The van der Waals surface area contributed by atoms with Gasteiger partial charge < -0.3 is 10.2 Å². The summed E-state index contributed by atoms with van der Waals surface area (Å²) < 4.78 is 1.16. The quantitative estimate of drug-likeness (QED) is 0.470. The molecule has 0 atom stereocenters. The highest BCUT2D eigenvalue weighted by Crippen LogP contribution is 2.36. The summed E-state index contributed by atoms with van der Waals surface area (Å²) in [6.07, 6.45) is 2.22. The van der Waals surface area contributed by atoms with Crippen LogP contribution in [-0.2, 0) is 16.0 Å². The molecule has 0 unspecified atom stereocenters. The van der Waals surface area contributed by atoms with Crippen molar-refractivity contribution in [3.63, 3.8) is 0 Å². The maximum Gasteiger partial charge on any atom is 0.238 e. The lowest BCUT2D eigenvalue weighted by molar-refractivity contribution is -0.144. The Bertz CT molecular complexity index is 1120. The van der Waals surface area contributed by atoms with Gasteiger partial charge in [-0.3, -0.25) is 14.5 Å². The van der Waals surface area contributed by atoms with Crippen molar-refractivity contribution in [1.29, 1.82) is 0 Å². The van der Waals surface area contributed by atoms with Gasteiger partial charge in [0.1, 0.15) is 0 Å². The van der Waals surface area contributed by atoms with Gasteiger partial charge in [0.25, 0.3) is 0 Å². The number of aromatic nitrogens is 1. The maximum absolute atomic E-state index is 13.7. The Balaban J connectivity index is 1.35. The maximum atomic E-state index is 13.7. The van der Waals surface area contributed by atoms with Crippen molar-refractivity contribution in [3.05, 3.63) is 58.6 Å². The average molecular weight is 499 g/mol. The van der Waals surface area contributed by atoms with E-state index >= 15 is 0 Å². The van der Waals surface area contributed by atoms with Gasteiger partial charge in [-0.25, -0.2) is 4.98 Å². The number of hydrogen-bond acceptors (Lipinski definition) is 5. The Kier molecular flexibility index (Phi) is 7.86. The largest absolute Gasteiger partial charge is 0.340 e. The summed E-state index contributed by atoms with van der Waals surface area (Å²) in [5.41, 5.74) is 1.17. The van der Waals surface area contributed by atoms with E-state index in [1.165, 1.54) is 0 Å². The summed E-state index contributed by atoms with van der Waals surface area (Å²) in [4.78, 5) is 35.0. The number of carbonyl (C=O) groups excluding carboxylic acids is 2. The number of piperazine rings is 1. The second-order valence-electron chi connectivity index (χ2n) is 8.84. The van der Waals surface area contributed by atoms with Crippen LogP contribution in [0.5, 0.6) is 0 Å². The lowest BCUT2D eigenvalue weighted by Gasteiger charge is -2.40. The molecule has 1 fully saturated rings. The molecule has 1 saturated heterocycles. The predicted molar refractivity (Wildman–Crippen MR) is 139 cm³/mol. The number of nitrogens with one attached hydrogen (secondary N) is 1. The molecule has 0 saturated carbocycles. The summed E-state index contributed by atoms with van der Waals surface area (Å²) >= 11 is 7.82. The van der Waals surface area contributed by atoms with Crippen molar-refractivity contribution in [3.8, 4) is 0 Å². The molecule has 34 heavy (non-hydrogen) atoms. The fraction of sp³-hybridized carbons (Fsp3) is 0.423. The highest BCUT2D eigenvalue weighted by molar-refractivity contribution is 7.18. The van der Waals surface area contributed by atoms with Gasteiger partial charge in [0, 0.05) is 32.6 Å². The van der Waals surface area contributed by atoms with Crippen molar-refractivity contribution in [1.82, 2.24) is 14.8 Å². The van der Waals surface area contributed by atoms with Gasteiger partial charge >= 0.3 is 0 Å². The Morgan fingerprint density at radius 2 is 1.71 bits per heavy atom. The Morgan fingerprint density at radius 3 is 2.38 bits per heavy atom.